The third-order valence-corrected chi connectivity index (χ3v) is 7.26. The van der Waals surface area contributed by atoms with Gasteiger partial charge in [-0.2, -0.15) is 0 Å². The van der Waals surface area contributed by atoms with Crippen LogP contribution in [0, 0.1) is 13.8 Å². The van der Waals surface area contributed by atoms with Crippen molar-refractivity contribution in [3.63, 3.8) is 0 Å². The van der Waals surface area contributed by atoms with E-state index in [-0.39, 0.29) is 24.3 Å². The van der Waals surface area contributed by atoms with Crippen molar-refractivity contribution in [2.45, 2.75) is 57.7 Å². The van der Waals surface area contributed by atoms with E-state index in [0.29, 0.717) is 23.3 Å². The summed E-state index contributed by atoms with van der Waals surface area (Å²) in [5.74, 6) is 2.16. The van der Waals surface area contributed by atoms with Gasteiger partial charge >= 0.3 is 6.09 Å². The van der Waals surface area contributed by atoms with Gasteiger partial charge in [0.05, 0.1) is 11.3 Å². The summed E-state index contributed by atoms with van der Waals surface area (Å²) in [6.07, 6.45) is 6.17. The number of aromatic nitrogens is 3. The van der Waals surface area contributed by atoms with Crippen LogP contribution in [0.4, 0.5) is 4.79 Å². The minimum absolute atomic E-state index is 0.0520. The van der Waals surface area contributed by atoms with Crippen LogP contribution in [-0.2, 0) is 0 Å². The molecule has 2 fully saturated rings. The number of amides is 1. The molecule has 2 aliphatic rings. The molecule has 0 aliphatic carbocycles. The van der Waals surface area contributed by atoms with E-state index in [1.165, 1.54) is 6.33 Å². The summed E-state index contributed by atoms with van der Waals surface area (Å²) in [5.41, 5.74) is 1.51. The molecule has 4 aromatic rings. The number of benzene rings is 2. The molecule has 0 radical (unpaired) electrons. The molecule has 37 heavy (non-hydrogen) atoms. The van der Waals surface area contributed by atoms with Crippen LogP contribution in [0.15, 0.2) is 67.1 Å². The molecule has 2 unspecified atom stereocenters. The van der Waals surface area contributed by atoms with E-state index in [1.54, 1.807) is 6.20 Å². The van der Waals surface area contributed by atoms with Crippen molar-refractivity contribution < 1.29 is 19.0 Å². The van der Waals surface area contributed by atoms with Crippen molar-refractivity contribution in [3.05, 3.63) is 78.4 Å². The minimum Gasteiger partial charge on any atom is -0.474 e. The fourth-order valence-corrected chi connectivity index (χ4v) is 5.39. The third-order valence-electron chi connectivity index (χ3n) is 7.26. The van der Waals surface area contributed by atoms with Gasteiger partial charge in [-0.15, -0.1) is 0 Å². The number of hydrogen-bond acceptors (Lipinski definition) is 7. The Hall–Kier alpha value is -4.20. The van der Waals surface area contributed by atoms with Crippen molar-refractivity contribution >= 4 is 16.9 Å². The maximum atomic E-state index is 13.1. The van der Waals surface area contributed by atoms with Gasteiger partial charge in [0.15, 0.2) is 5.75 Å². The molecule has 0 spiro atoms. The number of fused-ring (bicyclic) bond motifs is 3. The van der Waals surface area contributed by atoms with Crippen LogP contribution in [0.5, 0.6) is 23.3 Å². The van der Waals surface area contributed by atoms with Crippen LogP contribution in [-0.4, -0.2) is 44.1 Å². The number of piperidine rings is 1. The number of carbonyl (C=O) groups excluding carboxylic acids is 1. The Bertz CT molecular complexity index is 1450. The molecule has 2 saturated heterocycles. The third kappa shape index (κ3) is 4.67. The summed E-state index contributed by atoms with van der Waals surface area (Å²) in [7, 11) is 0. The van der Waals surface area contributed by atoms with E-state index in [9.17, 15) is 4.79 Å². The Kier molecular flexibility index (Phi) is 6.08. The summed E-state index contributed by atoms with van der Waals surface area (Å²) >= 11 is 0. The molecular weight excluding hydrogens is 468 g/mol. The zero-order chi connectivity index (χ0) is 25.4. The Balaban J connectivity index is 1.12. The molecule has 8 nitrogen and oxygen atoms in total. The summed E-state index contributed by atoms with van der Waals surface area (Å²) in [5, 5.41) is 2.16. The number of pyridine rings is 1. The zero-order valence-electron chi connectivity index (χ0n) is 20.8. The summed E-state index contributed by atoms with van der Waals surface area (Å²) < 4.78 is 18.1. The average molecular weight is 497 g/mol. The number of hydrogen-bond donors (Lipinski definition) is 0. The largest absolute Gasteiger partial charge is 0.474 e. The van der Waals surface area contributed by atoms with Crippen LogP contribution in [0.25, 0.3) is 10.8 Å². The first-order valence-electron chi connectivity index (χ1n) is 12.6. The molecule has 4 heterocycles. The number of aryl methyl sites for hydroxylation is 1. The van der Waals surface area contributed by atoms with Gasteiger partial charge in [0.1, 0.15) is 18.2 Å². The van der Waals surface area contributed by atoms with Crippen molar-refractivity contribution in [1.29, 1.82) is 0 Å². The molecule has 0 saturated carbocycles. The summed E-state index contributed by atoms with van der Waals surface area (Å²) in [6, 6.07) is 17.6. The lowest BCUT2D eigenvalue weighted by molar-refractivity contribution is 0.0502. The van der Waals surface area contributed by atoms with Crippen LogP contribution in [0.3, 0.4) is 0 Å². The van der Waals surface area contributed by atoms with Gasteiger partial charge in [0, 0.05) is 31.1 Å². The van der Waals surface area contributed by atoms with Crippen molar-refractivity contribution in [2.75, 3.05) is 0 Å². The van der Waals surface area contributed by atoms with Gasteiger partial charge in [-0.3, -0.25) is 4.98 Å². The van der Waals surface area contributed by atoms with E-state index in [4.69, 9.17) is 14.2 Å². The predicted molar refractivity (Wildman–Crippen MR) is 138 cm³/mol. The van der Waals surface area contributed by atoms with Gasteiger partial charge in [-0.25, -0.2) is 14.8 Å². The fourth-order valence-electron chi connectivity index (χ4n) is 5.39. The number of rotatable bonds is 5. The first-order chi connectivity index (χ1) is 18.0. The summed E-state index contributed by atoms with van der Waals surface area (Å²) in [6.45, 7) is 3.78. The lowest BCUT2D eigenvalue weighted by Crippen LogP contribution is -2.50. The van der Waals surface area contributed by atoms with Gasteiger partial charge in [-0.05, 0) is 61.7 Å². The van der Waals surface area contributed by atoms with E-state index in [0.717, 1.165) is 47.7 Å². The lowest BCUT2D eigenvalue weighted by Gasteiger charge is -2.37. The zero-order valence-corrected chi connectivity index (χ0v) is 20.8. The van der Waals surface area contributed by atoms with Crippen LogP contribution < -0.4 is 14.2 Å². The van der Waals surface area contributed by atoms with E-state index in [2.05, 4.69) is 15.0 Å². The number of carbonyl (C=O) groups is 1. The van der Waals surface area contributed by atoms with Crippen LogP contribution in [0.2, 0.25) is 0 Å². The molecule has 1 amide bonds. The number of nitrogens with zero attached hydrogens (tertiary/aromatic N) is 4. The number of ether oxygens (including phenoxy) is 3. The second kappa shape index (κ2) is 9.69. The minimum atomic E-state index is -0.290. The van der Waals surface area contributed by atoms with Gasteiger partial charge in [-0.1, -0.05) is 30.3 Å². The highest BCUT2D eigenvalue weighted by Gasteiger charge is 2.45. The molecule has 3 atom stereocenters. The lowest BCUT2D eigenvalue weighted by atomic mass is 10.0. The van der Waals surface area contributed by atoms with Crippen LogP contribution in [0.1, 0.15) is 36.9 Å². The standard InChI is InChI=1S/C29H28N4O4/c1-18-27(31-17-32-28(18)37-26-8-5-13-30-19(26)2)35-25-15-22-10-11-23(16-25)33(22)29(34)36-24-12-9-20-6-3-4-7-21(20)14-24/h3-9,12-14,17,22-23,25H,10-11,15-16H2,1-2H3/t22-,23?,25?/m0/s1. The van der Waals surface area contributed by atoms with Crippen LogP contribution >= 0.6 is 0 Å². The molecule has 2 aliphatic heterocycles. The quantitative estimate of drug-likeness (QED) is 0.334. The highest BCUT2D eigenvalue weighted by atomic mass is 16.6. The van der Waals surface area contributed by atoms with Crippen molar-refractivity contribution in [3.8, 4) is 23.3 Å². The van der Waals surface area contributed by atoms with E-state index < -0.39 is 0 Å². The average Bonchev–Trinajstić information content (AvgIpc) is 3.18. The highest BCUT2D eigenvalue weighted by Crippen LogP contribution is 2.39. The Morgan fingerprint density at radius 3 is 2.43 bits per heavy atom. The van der Waals surface area contributed by atoms with Crippen molar-refractivity contribution in [1.82, 2.24) is 19.9 Å². The maximum Gasteiger partial charge on any atom is 0.415 e. The maximum absolute atomic E-state index is 13.1. The van der Waals surface area contributed by atoms with Crippen molar-refractivity contribution in [2.24, 2.45) is 0 Å². The second-order valence-corrected chi connectivity index (χ2v) is 9.68. The van der Waals surface area contributed by atoms with Gasteiger partial charge in [0.25, 0.3) is 0 Å². The smallest absolute Gasteiger partial charge is 0.415 e. The first kappa shape index (κ1) is 23.2. The SMILES string of the molecule is Cc1ncccc1Oc1ncnc(OC2CC3CC[C@@H](C2)N3C(=O)Oc2ccc3ccccc3c2)c1C. The van der Waals surface area contributed by atoms with Gasteiger partial charge < -0.3 is 19.1 Å². The Morgan fingerprint density at radius 2 is 1.65 bits per heavy atom. The Morgan fingerprint density at radius 1 is 0.892 bits per heavy atom. The molecular formula is C29H28N4O4. The Labute approximate surface area is 215 Å². The fraction of sp³-hybridized carbons (Fsp3) is 0.310. The van der Waals surface area contributed by atoms with E-state index in [1.807, 2.05) is 73.3 Å². The molecule has 0 N–H and O–H groups in total. The summed E-state index contributed by atoms with van der Waals surface area (Å²) in [4.78, 5) is 28.0. The predicted octanol–water partition coefficient (Wildman–Crippen LogP) is 6.01. The molecule has 188 valence electrons. The second-order valence-electron chi connectivity index (χ2n) is 9.68. The highest BCUT2D eigenvalue weighted by molar-refractivity contribution is 5.84. The molecule has 2 bridgehead atoms. The van der Waals surface area contributed by atoms with Gasteiger partial charge in [0.2, 0.25) is 11.8 Å². The molecule has 2 aromatic heterocycles. The molecule has 6 rings (SSSR count). The first-order valence-corrected chi connectivity index (χ1v) is 12.6. The molecule has 2 aromatic carbocycles. The van der Waals surface area contributed by atoms with E-state index >= 15 is 0 Å². The topological polar surface area (TPSA) is 86.7 Å². The normalized spacial score (nSPS) is 20.6. The monoisotopic (exact) mass is 496 g/mol. The molecule has 8 heteroatoms.